The third-order valence-corrected chi connectivity index (χ3v) is 5.49. The van der Waals surface area contributed by atoms with Crippen molar-refractivity contribution >= 4 is 22.4 Å². The highest BCUT2D eigenvalue weighted by Gasteiger charge is 2.42. The number of nitrogens with one attached hydrogen (secondary N) is 1. The van der Waals surface area contributed by atoms with Gasteiger partial charge in [-0.15, -0.1) is 0 Å². The van der Waals surface area contributed by atoms with Crippen LogP contribution in [0.3, 0.4) is 0 Å². The average Bonchev–Trinajstić information content (AvgIpc) is 2.67. The van der Waals surface area contributed by atoms with E-state index in [2.05, 4.69) is 26.1 Å². The van der Waals surface area contributed by atoms with E-state index >= 15 is 0 Å². The second-order valence-electron chi connectivity index (χ2n) is 8.44. The summed E-state index contributed by atoms with van der Waals surface area (Å²) in [5, 5.41) is 5.18. The summed E-state index contributed by atoms with van der Waals surface area (Å²) >= 11 is 0. The summed E-state index contributed by atoms with van der Waals surface area (Å²) in [6.07, 6.45) is 3.74. The lowest BCUT2D eigenvalue weighted by Gasteiger charge is -2.38. The molecule has 0 heterocycles. The molecule has 0 radical (unpaired) electrons. The van der Waals surface area contributed by atoms with E-state index in [-0.39, 0.29) is 5.91 Å². The van der Waals surface area contributed by atoms with Crippen molar-refractivity contribution < 1.29 is 14.3 Å². The summed E-state index contributed by atoms with van der Waals surface area (Å²) in [6.45, 7) is 9.65. The molecule has 0 saturated heterocycles. The van der Waals surface area contributed by atoms with Gasteiger partial charge in [-0.05, 0) is 50.2 Å². The van der Waals surface area contributed by atoms with Gasteiger partial charge in [0.25, 0.3) is 5.91 Å². The summed E-state index contributed by atoms with van der Waals surface area (Å²) in [5.74, 6) is 1.78. The Hall–Kier alpha value is -2.07. The minimum absolute atomic E-state index is 0.0260. The Morgan fingerprint density at radius 3 is 2.64 bits per heavy atom. The Labute approximate surface area is 168 Å². The first-order chi connectivity index (χ1) is 13.4. The van der Waals surface area contributed by atoms with Gasteiger partial charge >= 0.3 is 0 Å². The molecule has 152 valence electrons. The van der Waals surface area contributed by atoms with Gasteiger partial charge in [-0.1, -0.05) is 51.5 Å². The normalized spacial score (nSPS) is 22.4. The molecule has 1 N–H and O–H groups in total. The quantitative estimate of drug-likeness (QED) is 0.657. The number of rotatable bonds is 7. The molecule has 4 nitrogen and oxygen atoms in total. The second-order valence-corrected chi connectivity index (χ2v) is 8.44. The third-order valence-electron chi connectivity index (χ3n) is 5.49. The van der Waals surface area contributed by atoms with Crippen LogP contribution in [0.15, 0.2) is 36.4 Å². The molecule has 0 bridgehead atoms. The highest BCUT2D eigenvalue weighted by atomic mass is 16.5. The van der Waals surface area contributed by atoms with E-state index in [9.17, 15) is 4.79 Å². The minimum atomic E-state index is -0.722. The van der Waals surface area contributed by atoms with Gasteiger partial charge in [0.15, 0.2) is 0 Å². The topological polar surface area (TPSA) is 47.6 Å². The zero-order valence-electron chi connectivity index (χ0n) is 17.6. The first-order valence-electron chi connectivity index (χ1n) is 10.5. The smallest absolute Gasteiger partial charge is 0.256 e. The molecule has 1 aliphatic rings. The van der Waals surface area contributed by atoms with Gasteiger partial charge in [-0.2, -0.15) is 0 Å². The van der Waals surface area contributed by atoms with Gasteiger partial charge in [-0.3, -0.25) is 4.79 Å². The fourth-order valence-electron chi connectivity index (χ4n) is 4.18. The molecular formula is C24H33NO3. The molecule has 4 heteroatoms. The van der Waals surface area contributed by atoms with E-state index in [4.69, 9.17) is 9.47 Å². The highest BCUT2D eigenvalue weighted by molar-refractivity contribution is 6.06. The van der Waals surface area contributed by atoms with Crippen LogP contribution < -0.4 is 10.1 Å². The molecule has 0 spiro atoms. The number of hydrogen-bond acceptors (Lipinski definition) is 3. The van der Waals surface area contributed by atoms with Gasteiger partial charge in [0, 0.05) is 23.1 Å². The lowest BCUT2D eigenvalue weighted by Crippen LogP contribution is -2.48. The summed E-state index contributed by atoms with van der Waals surface area (Å²) in [5.41, 5.74) is 0.0927. The predicted octanol–water partition coefficient (Wildman–Crippen LogP) is 5.80. The average molecular weight is 384 g/mol. The lowest BCUT2D eigenvalue weighted by molar-refractivity contribution is -0.147. The van der Waals surface area contributed by atoms with Gasteiger partial charge in [0.05, 0.1) is 6.61 Å². The lowest BCUT2D eigenvalue weighted by atomic mass is 9.78. The molecule has 0 aromatic heterocycles. The van der Waals surface area contributed by atoms with Crippen LogP contribution in [0, 0.1) is 11.8 Å². The number of carbonyl (C=O) groups is 1. The largest absolute Gasteiger partial charge is 0.493 e. The maximum Gasteiger partial charge on any atom is 0.256 e. The third kappa shape index (κ3) is 4.49. The van der Waals surface area contributed by atoms with E-state index in [0.717, 1.165) is 47.9 Å². The Morgan fingerprint density at radius 1 is 1.21 bits per heavy atom. The molecule has 28 heavy (non-hydrogen) atoms. The fourth-order valence-corrected chi connectivity index (χ4v) is 4.18. The number of hydrogen-bond donors (Lipinski definition) is 1. The van der Waals surface area contributed by atoms with Crippen LogP contribution in [-0.2, 0) is 9.53 Å². The maximum absolute atomic E-state index is 13.3. The molecule has 3 rings (SSSR count). The second kappa shape index (κ2) is 8.95. The van der Waals surface area contributed by atoms with Crippen LogP contribution in [0.4, 0.5) is 5.69 Å². The van der Waals surface area contributed by atoms with Crippen molar-refractivity contribution in [1.82, 2.24) is 0 Å². The Bertz CT molecular complexity index is 813. The van der Waals surface area contributed by atoms with E-state index < -0.39 is 5.60 Å². The zero-order chi connectivity index (χ0) is 20.1. The molecule has 2 aromatic rings. The van der Waals surface area contributed by atoms with Crippen LogP contribution in [0.5, 0.6) is 5.75 Å². The van der Waals surface area contributed by atoms with E-state index in [1.807, 2.05) is 43.3 Å². The monoisotopic (exact) mass is 383 g/mol. The standard InChI is InChI=1S/C24H33NO3/c1-5-28-24(14-8-9-18(4)15-24)23(26)25-21-12-13-22(27-16-17(2)3)20-11-7-6-10-19(20)21/h6-7,10-13,17-18H,5,8-9,14-16H2,1-4H3,(H,25,26)/t18-,24+/m1/s1. The van der Waals surface area contributed by atoms with Crippen molar-refractivity contribution in [3.63, 3.8) is 0 Å². The van der Waals surface area contributed by atoms with Crippen molar-refractivity contribution in [2.75, 3.05) is 18.5 Å². The van der Waals surface area contributed by atoms with Gasteiger partial charge in [0.1, 0.15) is 11.4 Å². The molecule has 1 aliphatic carbocycles. The number of carbonyl (C=O) groups excluding carboxylic acids is 1. The summed E-state index contributed by atoms with van der Waals surface area (Å²) in [7, 11) is 0. The number of benzene rings is 2. The Morgan fingerprint density at radius 2 is 1.96 bits per heavy atom. The van der Waals surface area contributed by atoms with Crippen LogP contribution in [0.1, 0.15) is 53.4 Å². The molecule has 1 fully saturated rings. The van der Waals surface area contributed by atoms with E-state index in [1.54, 1.807) is 0 Å². The number of ether oxygens (including phenoxy) is 2. The Balaban J connectivity index is 1.89. The van der Waals surface area contributed by atoms with Crippen LogP contribution in [-0.4, -0.2) is 24.7 Å². The van der Waals surface area contributed by atoms with E-state index in [1.165, 1.54) is 0 Å². The van der Waals surface area contributed by atoms with Gasteiger partial charge in [0.2, 0.25) is 0 Å². The van der Waals surface area contributed by atoms with Gasteiger partial charge in [-0.25, -0.2) is 0 Å². The van der Waals surface area contributed by atoms with Gasteiger partial charge < -0.3 is 14.8 Å². The van der Waals surface area contributed by atoms with E-state index in [0.29, 0.717) is 25.0 Å². The zero-order valence-corrected chi connectivity index (χ0v) is 17.6. The minimum Gasteiger partial charge on any atom is -0.493 e. The predicted molar refractivity (Wildman–Crippen MR) is 115 cm³/mol. The number of anilines is 1. The highest BCUT2D eigenvalue weighted by Crippen LogP contribution is 2.38. The van der Waals surface area contributed by atoms with Crippen molar-refractivity contribution in [1.29, 1.82) is 0 Å². The molecule has 0 aliphatic heterocycles. The Kier molecular flexibility index (Phi) is 6.61. The van der Waals surface area contributed by atoms with Crippen LogP contribution >= 0.6 is 0 Å². The van der Waals surface area contributed by atoms with Crippen LogP contribution in [0.2, 0.25) is 0 Å². The van der Waals surface area contributed by atoms with Crippen molar-refractivity contribution in [2.24, 2.45) is 11.8 Å². The summed E-state index contributed by atoms with van der Waals surface area (Å²) < 4.78 is 12.0. The maximum atomic E-state index is 13.3. The molecule has 1 amide bonds. The molecule has 1 saturated carbocycles. The van der Waals surface area contributed by atoms with Crippen molar-refractivity contribution in [3.8, 4) is 5.75 Å². The number of fused-ring (bicyclic) bond motifs is 1. The number of amides is 1. The molecule has 0 unspecified atom stereocenters. The molecule has 2 atom stereocenters. The summed E-state index contributed by atoms with van der Waals surface area (Å²) in [4.78, 5) is 13.3. The first-order valence-corrected chi connectivity index (χ1v) is 10.5. The first kappa shape index (κ1) is 20.7. The van der Waals surface area contributed by atoms with Crippen LogP contribution in [0.25, 0.3) is 10.8 Å². The van der Waals surface area contributed by atoms with Crippen molar-refractivity contribution in [2.45, 2.75) is 59.0 Å². The molecular weight excluding hydrogens is 350 g/mol. The SMILES string of the molecule is CCO[C@@]1(C(=O)Nc2ccc(OCC(C)C)c3ccccc23)CCC[C@@H](C)C1. The van der Waals surface area contributed by atoms with Crippen molar-refractivity contribution in [3.05, 3.63) is 36.4 Å². The molecule has 2 aromatic carbocycles. The summed E-state index contributed by atoms with van der Waals surface area (Å²) in [6, 6.07) is 12.0. The fraction of sp³-hybridized carbons (Fsp3) is 0.542.